The Bertz CT molecular complexity index is 123. The van der Waals surface area contributed by atoms with Crippen LogP contribution >= 0.6 is 11.8 Å². The van der Waals surface area contributed by atoms with Crippen molar-refractivity contribution in [1.29, 1.82) is 0 Å². The van der Waals surface area contributed by atoms with Gasteiger partial charge in [0.2, 0.25) is 0 Å². The van der Waals surface area contributed by atoms with Crippen LogP contribution in [0, 0.1) is 5.92 Å². The molecule has 0 heterocycles. The maximum absolute atomic E-state index is 5.56. The lowest BCUT2D eigenvalue weighted by Gasteiger charge is -2.05. The molecule has 0 fully saturated rings. The summed E-state index contributed by atoms with van der Waals surface area (Å²) < 4.78 is 0. The van der Waals surface area contributed by atoms with Gasteiger partial charge in [0.05, 0.1) is 5.84 Å². The van der Waals surface area contributed by atoms with Crippen LogP contribution in [0.4, 0.5) is 0 Å². The molecule has 0 aromatic rings. The van der Waals surface area contributed by atoms with Gasteiger partial charge in [-0.15, -0.1) is 0 Å². The summed E-state index contributed by atoms with van der Waals surface area (Å²) in [5, 5.41) is 0. The Balaban J connectivity index is 3.50. The number of hydrogen-bond donors (Lipinski definition) is 1. The molecule has 0 bridgehead atoms. The molecule has 0 spiro atoms. The van der Waals surface area contributed by atoms with Crippen molar-refractivity contribution >= 4 is 17.6 Å². The molecule has 66 valence electrons. The van der Waals surface area contributed by atoms with Gasteiger partial charge >= 0.3 is 0 Å². The number of amidine groups is 1. The van der Waals surface area contributed by atoms with Gasteiger partial charge in [-0.1, -0.05) is 13.8 Å². The second-order valence-corrected chi connectivity index (χ2v) is 3.66. The highest BCUT2D eigenvalue weighted by atomic mass is 32.2. The fourth-order valence-electron chi connectivity index (χ4n) is 0.722. The summed E-state index contributed by atoms with van der Waals surface area (Å²) in [6.45, 7) is 5.10. The second kappa shape index (κ2) is 6.53. The number of thioether (sulfide) groups is 1. The van der Waals surface area contributed by atoms with E-state index in [1.54, 1.807) is 0 Å². The van der Waals surface area contributed by atoms with Crippen molar-refractivity contribution in [3.63, 3.8) is 0 Å². The van der Waals surface area contributed by atoms with Gasteiger partial charge < -0.3 is 5.73 Å². The first-order valence-electron chi connectivity index (χ1n) is 3.98. The lowest BCUT2D eigenvalue weighted by atomic mass is 10.2. The van der Waals surface area contributed by atoms with Crippen LogP contribution in [0.3, 0.4) is 0 Å². The van der Waals surface area contributed by atoms with Crippen molar-refractivity contribution in [2.75, 3.05) is 18.6 Å². The number of nitrogens with two attached hydrogens (primary N) is 1. The first kappa shape index (κ1) is 10.8. The predicted molar refractivity (Wildman–Crippen MR) is 54.3 cm³/mol. The summed E-state index contributed by atoms with van der Waals surface area (Å²) in [4.78, 5) is 4.24. The fraction of sp³-hybridized carbons (Fsp3) is 0.875. The molecule has 1 unspecified atom stereocenters. The molecule has 0 aliphatic carbocycles. The third-order valence-corrected chi connectivity index (χ3v) is 2.32. The largest absolute Gasteiger partial charge is 0.387 e. The SMILES string of the molecule is CCC(N)=NCC(C)CSC. The van der Waals surface area contributed by atoms with Crippen molar-refractivity contribution in [3.8, 4) is 0 Å². The summed E-state index contributed by atoms with van der Waals surface area (Å²) in [6.07, 6.45) is 2.98. The van der Waals surface area contributed by atoms with E-state index >= 15 is 0 Å². The Morgan fingerprint density at radius 1 is 1.64 bits per heavy atom. The Hall–Kier alpha value is -0.180. The third-order valence-electron chi connectivity index (χ3n) is 1.42. The smallest absolute Gasteiger partial charge is 0.0934 e. The molecule has 2 N–H and O–H groups in total. The van der Waals surface area contributed by atoms with Crippen LogP contribution < -0.4 is 5.73 Å². The van der Waals surface area contributed by atoms with Crippen molar-refractivity contribution in [2.45, 2.75) is 20.3 Å². The topological polar surface area (TPSA) is 38.4 Å². The zero-order chi connectivity index (χ0) is 8.69. The van der Waals surface area contributed by atoms with Crippen LogP contribution in [0.2, 0.25) is 0 Å². The molecule has 0 aliphatic rings. The van der Waals surface area contributed by atoms with Crippen molar-refractivity contribution in [2.24, 2.45) is 16.6 Å². The summed E-state index contributed by atoms with van der Waals surface area (Å²) in [7, 11) is 0. The molecule has 0 aromatic carbocycles. The average molecular weight is 174 g/mol. The van der Waals surface area contributed by atoms with E-state index in [2.05, 4.69) is 18.2 Å². The van der Waals surface area contributed by atoms with Gasteiger partial charge in [-0.05, 0) is 17.9 Å². The molecule has 0 amide bonds. The highest BCUT2D eigenvalue weighted by Crippen LogP contribution is 2.04. The number of aliphatic imine (C=N–C) groups is 1. The summed E-state index contributed by atoms with van der Waals surface area (Å²) in [6, 6.07) is 0. The Morgan fingerprint density at radius 3 is 2.73 bits per heavy atom. The standard InChI is InChI=1S/C8H18N2S/c1-4-8(9)10-5-7(2)6-11-3/h7H,4-6H2,1-3H3,(H2,9,10). The van der Waals surface area contributed by atoms with Crippen molar-refractivity contribution < 1.29 is 0 Å². The monoisotopic (exact) mass is 174 g/mol. The van der Waals surface area contributed by atoms with Gasteiger partial charge in [-0.25, -0.2) is 0 Å². The Labute approximate surface area is 73.7 Å². The van der Waals surface area contributed by atoms with E-state index < -0.39 is 0 Å². The normalized spacial score (nSPS) is 15.0. The van der Waals surface area contributed by atoms with Gasteiger partial charge in [0.25, 0.3) is 0 Å². The molecule has 0 rings (SSSR count). The van der Waals surface area contributed by atoms with Crippen LogP contribution in [0.15, 0.2) is 4.99 Å². The Morgan fingerprint density at radius 2 is 2.27 bits per heavy atom. The first-order chi connectivity index (χ1) is 5.20. The quantitative estimate of drug-likeness (QED) is 0.509. The first-order valence-corrected chi connectivity index (χ1v) is 5.37. The minimum absolute atomic E-state index is 0.648. The second-order valence-electron chi connectivity index (χ2n) is 2.75. The van der Waals surface area contributed by atoms with E-state index in [0.29, 0.717) is 5.92 Å². The molecule has 0 saturated heterocycles. The van der Waals surface area contributed by atoms with E-state index in [1.807, 2.05) is 18.7 Å². The van der Waals surface area contributed by atoms with Crippen molar-refractivity contribution in [3.05, 3.63) is 0 Å². The molecule has 2 nitrogen and oxygen atoms in total. The van der Waals surface area contributed by atoms with E-state index in [-0.39, 0.29) is 0 Å². The van der Waals surface area contributed by atoms with Crippen LogP contribution in [0.5, 0.6) is 0 Å². The lowest BCUT2D eigenvalue weighted by molar-refractivity contribution is 0.676. The van der Waals surface area contributed by atoms with E-state index in [4.69, 9.17) is 5.73 Å². The zero-order valence-electron chi connectivity index (χ0n) is 7.63. The Kier molecular flexibility index (Phi) is 6.42. The number of nitrogens with zero attached hydrogens (tertiary/aromatic N) is 1. The zero-order valence-corrected chi connectivity index (χ0v) is 8.45. The highest BCUT2D eigenvalue weighted by molar-refractivity contribution is 7.98. The van der Waals surface area contributed by atoms with E-state index in [1.165, 1.54) is 5.75 Å². The molecule has 1 atom stereocenters. The molecule has 0 radical (unpaired) electrons. The molecule has 11 heavy (non-hydrogen) atoms. The summed E-state index contributed by atoms with van der Waals surface area (Å²) >= 11 is 1.86. The maximum atomic E-state index is 5.56. The molecule has 3 heteroatoms. The third kappa shape index (κ3) is 6.23. The molecule has 0 aromatic heterocycles. The minimum Gasteiger partial charge on any atom is -0.387 e. The van der Waals surface area contributed by atoms with Crippen LogP contribution in [0.1, 0.15) is 20.3 Å². The molecule has 0 aliphatic heterocycles. The fourth-order valence-corrected chi connectivity index (χ4v) is 1.40. The molecular weight excluding hydrogens is 156 g/mol. The van der Waals surface area contributed by atoms with Crippen LogP contribution in [-0.4, -0.2) is 24.4 Å². The van der Waals surface area contributed by atoms with Gasteiger partial charge in [0.15, 0.2) is 0 Å². The predicted octanol–water partition coefficient (Wildman–Crippen LogP) is 1.75. The van der Waals surface area contributed by atoms with Crippen LogP contribution in [-0.2, 0) is 0 Å². The van der Waals surface area contributed by atoms with Gasteiger partial charge in [-0.2, -0.15) is 11.8 Å². The summed E-state index contributed by atoms with van der Waals surface area (Å²) in [5.74, 6) is 2.59. The van der Waals surface area contributed by atoms with Crippen molar-refractivity contribution in [1.82, 2.24) is 0 Å². The van der Waals surface area contributed by atoms with Gasteiger partial charge in [0.1, 0.15) is 0 Å². The molecular formula is C8H18N2S. The maximum Gasteiger partial charge on any atom is 0.0934 e. The molecule has 0 saturated carbocycles. The van der Waals surface area contributed by atoms with E-state index in [9.17, 15) is 0 Å². The lowest BCUT2D eigenvalue weighted by Crippen LogP contribution is -2.13. The number of rotatable bonds is 5. The van der Waals surface area contributed by atoms with Gasteiger partial charge in [0, 0.05) is 13.0 Å². The highest BCUT2D eigenvalue weighted by Gasteiger charge is 1.98. The number of hydrogen-bond acceptors (Lipinski definition) is 2. The van der Waals surface area contributed by atoms with Crippen LogP contribution in [0.25, 0.3) is 0 Å². The van der Waals surface area contributed by atoms with E-state index in [0.717, 1.165) is 18.8 Å². The minimum atomic E-state index is 0.648. The average Bonchev–Trinajstić information content (AvgIpc) is 2.01. The summed E-state index contributed by atoms with van der Waals surface area (Å²) in [5.41, 5.74) is 5.56. The van der Waals surface area contributed by atoms with Gasteiger partial charge in [-0.3, -0.25) is 4.99 Å².